The van der Waals surface area contributed by atoms with E-state index in [1.807, 2.05) is 0 Å². The normalized spacial score (nSPS) is 25.2. The molecule has 2 fully saturated rings. The Morgan fingerprint density at radius 1 is 1.28 bits per heavy atom. The van der Waals surface area contributed by atoms with Crippen molar-refractivity contribution in [3.05, 3.63) is 41.4 Å². The summed E-state index contributed by atoms with van der Waals surface area (Å²) in [5.41, 5.74) is 6.33. The molecule has 0 bridgehead atoms. The summed E-state index contributed by atoms with van der Waals surface area (Å²) in [5, 5.41) is 10.0. The number of phenolic OH excluding ortho intramolecular Hbond substituents is 1. The zero-order valence-corrected chi connectivity index (χ0v) is 20.4. The first-order chi connectivity index (χ1) is 16.9. The summed E-state index contributed by atoms with van der Waals surface area (Å²) in [7, 11) is -4.59. The Morgan fingerprint density at radius 2 is 2.03 bits per heavy atom. The Morgan fingerprint density at radius 3 is 2.78 bits per heavy atom. The highest BCUT2D eigenvalue weighted by Crippen LogP contribution is 2.44. The fourth-order valence-electron chi connectivity index (χ4n) is 4.12. The number of aromatic hydroxyl groups is 1. The number of halogens is 1. The Labute approximate surface area is 209 Å². The van der Waals surface area contributed by atoms with E-state index in [9.17, 15) is 18.3 Å². The zero-order valence-electron chi connectivity index (χ0n) is 18.9. The first-order valence-corrected chi connectivity index (χ1v) is 12.4. The summed E-state index contributed by atoms with van der Waals surface area (Å²) in [6.45, 7) is 2.92. The van der Waals surface area contributed by atoms with E-state index in [1.165, 1.54) is 24.8 Å². The number of carbonyl (C=O) groups excluding carboxylic acids is 1. The molecule has 2 aliphatic heterocycles. The molecule has 4 atom stereocenters. The summed E-state index contributed by atoms with van der Waals surface area (Å²) in [5.74, 6) is -2.39. The molecular formula is C20H21ClN6O8S. The third-order valence-electron chi connectivity index (χ3n) is 5.60. The maximum atomic E-state index is 12.5. The highest BCUT2D eigenvalue weighted by Gasteiger charge is 2.56. The molecule has 2 saturated heterocycles. The van der Waals surface area contributed by atoms with Crippen molar-refractivity contribution in [2.45, 2.75) is 44.2 Å². The van der Waals surface area contributed by atoms with E-state index >= 15 is 0 Å². The zero-order chi connectivity index (χ0) is 25.8. The lowest BCUT2D eigenvalue weighted by Gasteiger charge is -2.24. The highest BCUT2D eigenvalue weighted by molar-refractivity contribution is 7.85. The van der Waals surface area contributed by atoms with Crippen molar-refractivity contribution in [2.24, 2.45) is 0 Å². The monoisotopic (exact) mass is 540 g/mol. The fraction of sp³-hybridized carbons (Fsp3) is 0.400. The number of anilines is 1. The van der Waals surface area contributed by atoms with Crippen molar-refractivity contribution in [3.63, 3.8) is 0 Å². The van der Waals surface area contributed by atoms with Gasteiger partial charge in [-0.1, -0.05) is 11.6 Å². The Balaban J connectivity index is 1.33. The highest BCUT2D eigenvalue weighted by atomic mass is 35.5. The number of rotatable bonds is 6. The smallest absolute Gasteiger partial charge is 0.362 e. The van der Waals surface area contributed by atoms with Gasteiger partial charge in [0, 0.05) is 5.02 Å². The van der Waals surface area contributed by atoms with Gasteiger partial charge in [0.05, 0.1) is 18.5 Å². The molecule has 4 N–H and O–H groups in total. The molecule has 1 amide bonds. The number of benzene rings is 1. The molecule has 0 radical (unpaired) electrons. The largest absolute Gasteiger partial charge is 0.507 e. The van der Waals surface area contributed by atoms with Crippen LogP contribution in [0.2, 0.25) is 5.02 Å². The van der Waals surface area contributed by atoms with Crippen LogP contribution in [0.1, 0.15) is 30.4 Å². The Bertz CT molecular complexity index is 1450. The molecule has 16 heteroatoms. The molecule has 4 heterocycles. The van der Waals surface area contributed by atoms with Crippen LogP contribution in [0.4, 0.5) is 5.82 Å². The number of carbonyl (C=O) groups is 1. The number of ether oxygens (including phenoxy) is 3. The number of aromatic nitrogens is 4. The van der Waals surface area contributed by atoms with Gasteiger partial charge in [-0.15, -0.1) is 0 Å². The molecule has 0 spiro atoms. The Kier molecular flexibility index (Phi) is 6.01. The number of nitrogen functional groups attached to an aromatic ring is 1. The van der Waals surface area contributed by atoms with E-state index in [0.29, 0.717) is 11.2 Å². The lowest BCUT2D eigenvalue weighted by Crippen LogP contribution is -2.37. The number of fused-ring (bicyclic) bond motifs is 2. The standard InChI is InChI=1S/C20H21ClN6O8S/c1-20(2)34-14-12(6-32-36(30,31)26-18(29)10-4-3-9(21)5-11(10)28)33-19(15(14)35-20)27-8-25-13-16(22)23-7-24-17(13)27/h3-5,7-8,12,14-15,19,28H,6H2,1-2H3,(H,26,29)(H2,22,23,24)/t12-,14-,15-,19-/m1/s1. The van der Waals surface area contributed by atoms with Crippen LogP contribution in [0, 0.1) is 0 Å². The first kappa shape index (κ1) is 24.6. The van der Waals surface area contributed by atoms with Crippen LogP contribution >= 0.6 is 11.6 Å². The quantitative estimate of drug-likeness (QED) is 0.400. The molecule has 2 aliphatic rings. The minimum absolute atomic E-state index is 0.173. The lowest BCUT2D eigenvalue weighted by atomic mass is 10.1. The average Bonchev–Trinajstić information content (AvgIpc) is 3.43. The van der Waals surface area contributed by atoms with Gasteiger partial charge in [0.1, 0.15) is 35.9 Å². The minimum atomic E-state index is -4.59. The molecule has 36 heavy (non-hydrogen) atoms. The number of amides is 1. The van der Waals surface area contributed by atoms with Crippen LogP contribution in [-0.2, 0) is 28.7 Å². The molecule has 3 aromatic rings. The fourth-order valence-corrected chi connectivity index (χ4v) is 5.00. The van der Waals surface area contributed by atoms with Gasteiger partial charge in [0.15, 0.2) is 23.5 Å². The maximum absolute atomic E-state index is 12.5. The second-order valence-corrected chi connectivity index (χ2v) is 10.3. The summed E-state index contributed by atoms with van der Waals surface area (Å²) in [6, 6.07) is 3.61. The SMILES string of the molecule is CC1(C)O[C@@H]2[C@H](O1)[C@@H](COS(=O)(=O)NC(=O)c1ccc(Cl)cc1O)O[C@H]2n1cnc2c(N)ncnc21. The summed E-state index contributed by atoms with van der Waals surface area (Å²) in [6.07, 6.45) is -0.336. The molecule has 2 aromatic heterocycles. The van der Waals surface area contributed by atoms with Gasteiger partial charge in [0.25, 0.3) is 5.91 Å². The van der Waals surface area contributed by atoms with Crippen LogP contribution in [-0.4, -0.2) is 69.7 Å². The van der Waals surface area contributed by atoms with E-state index in [1.54, 1.807) is 23.1 Å². The minimum Gasteiger partial charge on any atom is -0.507 e. The second-order valence-electron chi connectivity index (χ2n) is 8.54. The van der Waals surface area contributed by atoms with Gasteiger partial charge in [-0.05, 0) is 32.0 Å². The van der Waals surface area contributed by atoms with E-state index < -0.39 is 58.9 Å². The van der Waals surface area contributed by atoms with Gasteiger partial charge >= 0.3 is 10.3 Å². The number of hydrogen-bond donors (Lipinski definition) is 3. The van der Waals surface area contributed by atoms with Gasteiger partial charge in [-0.3, -0.25) is 13.5 Å². The molecular weight excluding hydrogens is 520 g/mol. The number of phenols is 1. The number of nitrogens with two attached hydrogens (primary N) is 1. The predicted molar refractivity (Wildman–Crippen MR) is 123 cm³/mol. The molecule has 0 aliphatic carbocycles. The van der Waals surface area contributed by atoms with Gasteiger partial charge in [-0.25, -0.2) is 19.7 Å². The van der Waals surface area contributed by atoms with Gasteiger partial charge in [0.2, 0.25) is 0 Å². The molecule has 0 saturated carbocycles. The predicted octanol–water partition coefficient (Wildman–Crippen LogP) is 0.876. The summed E-state index contributed by atoms with van der Waals surface area (Å²) < 4.78 is 51.3. The number of nitrogens with one attached hydrogen (secondary N) is 1. The van der Waals surface area contributed by atoms with Crippen molar-refractivity contribution in [1.82, 2.24) is 24.2 Å². The topological polar surface area (TPSA) is 190 Å². The van der Waals surface area contributed by atoms with Crippen molar-refractivity contribution in [3.8, 4) is 5.75 Å². The van der Waals surface area contributed by atoms with E-state index in [4.69, 9.17) is 35.7 Å². The number of imidazole rings is 1. The van der Waals surface area contributed by atoms with E-state index in [0.717, 1.165) is 6.07 Å². The third kappa shape index (κ3) is 4.56. The lowest BCUT2D eigenvalue weighted by molar-refractivity contribution is -0.198. The van der Waals surface area contributed by atoms with E-state index in [2.05, 4.69) is 15.0 Å². The number of hydrogen-bond acceptors (Lipinski definition) is 12. The number of nitrogens with zero attached hydrogens (tertiary/aromatic N) is 4. The van der Waals surface area contributed by atoms with Crippen molar-refractivity contribution in [1.29, 1.82) is 0 Å². The molecule has 0 unspecified atom stereocenters. The third-order valence-corrected chi connectivity index (χ3v) is 6.71. The van der Waals surface area contributed by atoms with Crippen molar-refractivity contribution in [2.75, 3.05) is 12.3 Å². The second kappa shape index (κ2) is 8.79. The van der Waals surface area contributed by atoms with Crippen molar-refractivity contribution >= 4 is 44.8 Å². The Hall–Kier alpha value is -3.08. The molecule has 5 rings (SSSR count). The average molecular weight is 541 g/mol. The maximum Gasteiger partial charge on any atom is 0.362 e. The van der Waals surface area contributed by atoms with Gasteiger partial charge < -0.3 is 25.1 Å². The summed E-state index contributed by atoms with van der Waals surface area (Å²) in [4.78, 5) is 24.7. The summed E-state index contributed by atoms with van der Waals surface area (Å²) >= 11 is 5.74. The van der Waals surface area contributed by atoms with Crippen LogP contribution in [0.3, 0.4) is 0 Å². The molecule has 14 nitrogen and oxygen atoms in total. The first-order valence-electron chi connectivity index (χ1n) is 10.6. The van der Waals surface area contributed by atoms with Crippen LogP contribution in [0.15, 0.2) is 30.9 Å². The van der Waals surface area contributed by atoms with Gasteiger partial charge in [-0.2, -0.15) is 8.42 Å². The van der Waals surface area contributed by atoms with E-state index in [-0.39, 0.29) is 16.4 Å². The van der Waals surface area contributed by atoms with Crippen LogP contribution in [0.25, 0.3) is 11.2 Å². The molecule has 1 aromatic carbocycles. The van der Waals surface area contributed by atoms with Crippen LogP contribution in [0.5, 0.6) is 5.75 Å². The van der Waals surface area contributed by atoms with Crippen molar-refractivity contribution < 1.29 is 36.7 Å². The van der Waals surface area contributed by atoms with Crippen LogP contribution < -0.4 is 10.5 Å². The molecule has 192 valence electrons.